The van der Waals surface area contributed by atoms with Crippen LogP contribution in [-0.4, -0.2) is 39.2 Å². The Balaban J connectivity index is 1.77. The quantitative estimate of drug-likeness (QED) is 0.654. The van der Waals surface area contributed by atoms with Gasteiger partial charge >= 0.3 is 5.97 Å². The summed E-state index contributed by atoms with van der Waals surface area (Å²) in [6.07, 6.45) is 1.47. The van der Waals surface area contributed by atoms with Crippen molar-refractivity contribution in [1.29, 1.82) is 0 Å². The van der Waals surface area contributed by atoms with Gasteiger partial charge in [-0.05, 0) is 52.4 Å². The van der Waals surface area contributed by atoms with E-state index in [2.05, 4.69) is 20.8 Å². The Morgan fingerprint density at radius 2 is 1.85 bits per heavy atom. The second kappa shape index (κ2) is 8.41. The number of rotatable bonds is 6. The minimum Gasteiger partial charge on any atom is -0.469 e. The van der Waals surface area contributed by atoms with E-state index in [1.54, 1.807) is 48.5 Å². The Hall–Kier alpha value is -3.26. The van der Waals surface area contributed by atoms with E-state index in [0.717, 1.165) is 11.3 Å². The number of carbonyl (C=O) groups is 2. The van der Waals surface area contributed by atoms with Crippen LogP contribution in [0.5, 0.6) is 0 Å². The molecule has 1 heterocycles. The minimum absolute atomic E-state index is 0.00653. The van der Waals surface area contributed by atoms with Gasteiger partial charge in [0.25, 0.3) is 5.91 Å². The van der Waals surface area contributed by atoms with Crippen molar-refractivity contribution < 1.29 is 14.3 Å². The first-order chi connectivity index (χ1) is 13.1. The molecule has 0 aliphatic carbocycles. The molecule has 0 fully saturated rings. The van der Waals surface area contributed by atoms with Gasteiger partial charge in [0.2, 0.25) is 0 Å². The summed E-state index contributed by atoms with van der Waals surface area (Å²) < 4.78 is 6.21. The summed E-state index contributed by atoms with van der Waals surface area (Å²) in [6, 6.07) is 13.1. The largest absolute Gasteiger partial charge is 0.469 e. The molecule has 9 heteroatoms. The third-order valence-corrected chi connectivity index (χ3v) is 4.17. The number of esters is 1. The second-order valence-corrected chi connectivity index (χ2v) is 6.10. The maximum absolute atomic E-state index is 12.6. The lowest BCUT2D eigenvalue weighted by molar-refractivity contribution is -0.141. The zero-order valence-electron chi connectivity index (χ0n) is 14.4. The maximum Gasteiger partial charge on any atom is 0.307 e. The van der Waals surface area contributed by atoms with Crippen molar-refractivity contribution in [3.05, 3.63) is 71.0 Å². The van der Waals surface area contributed by atoms with Crippen LogP contribution in [0, 0.1) is 0 Å². The Kier molecular flexibility index (Phi) is 5.77. The van der Waals surface area contributed by atoms with Crippen molar-refractivity contribution in [2.75, 3.05) is 7.11 Å². The van der Waals surface area contributed by atoms with Gasteiger partial charge in [0.05, 0.1) is 25.3 Å². The number of ether oxygens (including phenoxy) is 1. The number of aromatic nitrogens is 4. The van der Waals surface area contributed by atoms with E-state index < -0.39 is 12.0 Å². The Morgan fingerprint density at radius 1 is 1.15 bits per heavy atom. The molecule has 1 aromatic heterocycles. The molecule has 0 aliphatic rings. The number of tetrazole rings is 1. The highest BCUT2D eigenvalue weighted by molar-refractivity contribution is 6.30. The standard InChI is InChI=1S/C18H16ClN5O3/c1-27-17(25)10-16(12-2-6-14(19)7-3-12)21-18(26)13-4-8-15(9-5-13)24-11-20-22-23-24/h2-9,11,16H,10H2,1H3,(H,21,26)/t16-/m0/s1. The lowest BCUT2D eigenvalue weighted by atomic mass is 10.0. The number of nitrogens with one attached hydrogen (secondary N) is 1. The lowest BCUT2D eigenvalue weighted by Gasteiger charge is -2.18. The van der Waals surface area contributed by atoms with Crippen LogP contribution in [0.2, 0.25) is 5.02 Å². The van der Waals surface area contributed by atoms with E-state index in [1.165, 1.54) is 18.1 Å². The van der Waals surface area contributed by atoms with Crippen molar-refractivity contribution in [2.45, 2.75) is 12.5 Å². The molecule has 0 saturated heterocycles. The van der Waals surface area contributed by atoms with Crippen LogP contribution in [0.3, 0.4) is 0 Å². The molecule has 0 saturated carbocycles. The molecular weight excluding hydrogens is 370 g/mol. The first-order valence-electron chi connectivity index (χ1n) is 8.03. The summed E-state index contributed by atoms with van der Waals surface area (Å²) in [5.74, 6) is -0.744. The van der Waals surface area contributed by atoms with E-state index in [9.17, 15) is 9.59 Å². The highest BCUT2D eigenvalue weighted by Gasteiger charge is 2.20. The van der Waals surface area contributed by atoms with Gasteiger partial charge in [-0.3, -0.25) is 9.59 Å². The Labute approximate surface area is 160 Å². The van der Waals surface area contributed by atoms with E-state index in [-0.39, 0.29) is 12.3 Å². The molecule has 1 amide bonds. The van der Waals surface area contributed by atoms with Gasteiger partial charge in [0.1, 0.15) is 6.33 Å². The summed E-state index contributed by atoms with van der Waals surface area (Å²) in [7, 11) is 1.31. The van der Waals surface area contributed by atoms with E-state index in [4.69, 9.17) is 16.3 Å². The van der Waals surface area contributed by atoms with Crippen LogP contribution in [0.4, 0.5) is 0 Å². The molecule has 0 spiro atoms. The minimum atomic E-state index is -0.540. The maximum atomic E-state index is 12.6. The molecule has 8 nitrogen and oxygen atoms in total. The van der Waals surface area contributed by atoms with Crippen molar-refractivity contribution in [1.82, 2.24) is 25.5 Å². The number of nitrogens with zero attached hydrogens (tertiary/aromatic N) is 4. The normalized spacial score (nSPS) is 11.6. The van der Waals surface area contributed by atoms with Crippen LogP contribution in [0.25, 0.3) is 5.69 Å². The topological polar surface area (TPSA) is 99.0 Å². The van der Waals surface area contributed by atoms with Crippen LogP contribution in [0.15, 0.2) is 54.9 Å². The number of hydrogen-bond donors (Lipinski definition) is 1. The number of halogens is 1. The number of carbonyl (C=O) groups excluding carboxylic acids is 2. The predicted molar refractivity (Wildman–Crippen MR) is 97.4 cm³/mol. The SMILES string of the molecule is COC(=O)C[C@H](NC(=O)c1ccc(-n2cnnn2)cc1)c1ccc(Cl)cc1. The molecule has 0 radical (unpaired) electrons. The molecule has 3 aromatic rings. The fraction of sp³-hybridized carbons (Fsp3) is 0.167. The average Bonchev–Trinajstić information content (AvgIpc) is 3.23. The van der Waals surface area contributed by atoms with Crippen LogP contribution in [0.1, 0.15) is 28.4 Å². The third-order valence-electron chi connectivity index (χ3n) is 3.92. The van der Waals surface area contributed by atoms with Gasteiger partial charge < -0.3 is 10.1 Å². The summed E-state index contributed by atoms with van der Waals surface area (Å²) >= 11 is 5.91. The number of benzene rings is 2. The van der Waals surface area contributed by atoms with Gasteiger partial charge in [0, 0.05) is 10.6 Å². The Bertz CT molecular complexity index is 911. The summed E-state index contributed by atoms with van der Waals surface area (Å²) in [6.45, 7) is 0. The van der Waals surface area contributed by atoms with Crippen molar-refractivity contribution in [3.63, 3.8) is 0 Å². The number of methoxy groups -OCH3 is 1. The van der Waals surface area contributed by atoms with Crippen molar-refractivity contribution in [2.24, 2.45) is 0 Å². The van der Waals surface area contributed by atoms with Crippen LogP contribution >= 0.6 is 11.6 Å². The first kappa shape index (κ1) is 18.5. The van der Waals surface area contributed by atoms with Gasteiger partial charge in [-0.2, -0.15) is 0 Å². The van der Waals surface area contributed by atoms with E-state index in [1.807, 2.05) is 0 Å². The summed E-state index contributed by atoms with van der Waals surface area (Å²) in [5.41, 5.74) is 1.92. The highest BCUT2D eigenvalue weighted by Crippen LogP contribution is 2.21. The van der Waals surface area contributed by atoms with Gasteiger partial charge in [-0.25, -0.2) is 4.68 Å². The molecular formula is C18H16ClN5O3. The van der Waals surface area contributed by atoms with Gasteiger partial charge in [0.15, 0.2) is 0 Å². The Morgan fingerprint density at radius 3 is 2.44 bits per heavy atom. The number of amides is 1. The zero-order chi connectivity index (χ0) is 19.2. The smallest absolute Gasteiger partial charge is 0.307 e. The molecule has 0 unspecified atom stereocenters. The van der Waals surface area contributed by atoms with Crippen molar-refractivity contribution in [3.8, 4) is 5.69 Å². The van der Waals surface area contributed by atoms with Crippen LogP contribution < -0.4 is 5.32 Å². The molecule has 1 atom stereocenters. The molecule has 27 heavy (non-hydrogen) atoms. The van der Waals surface area contributed by atoms with Crippen molar-refractivity contribution >= 4 is 23.5 Å². The fourth-order valence-electron chi connectivity index (χ4n) is 2.48. The summed E-state index contributed by atoms with van der Waals surface area (Å²) in [5, 5.41) is 14.4. The molecule has 1 N–H and O–H groups in total. The molecule has 3 rings (SSSR count). The second-order valence-electron chi connectivity index (χ2n) is 5.66. The fourth-order valence-corrected chi connectivity index (χ4v) is 2.61. The summed E-state index contributed by atoms with van der Waals surface area (Å²) in [4.78, 5) is 24.4. The molecule has 0 bridgehead atoms. The van der Waals surface area contributed by atoms with E-state index >= 15 is 0 Å². The highest BCUT2D eigenvalue weighted by atomic mass is 35.5. The lowest BCUT2D eigenvalue weighted by Crippen LogP contribution is -2.30. The van der Waals surface area contributed by atoms with Gasteiger partial charge in [-0.15, -0.1) is 5.10 Å². The van der Waals surface area contributed by atoms with Crippen LogP contribution in [-0.2, 0) is 9.53 Å². The zero-order valence-corrected chi connectivity index (χ0v) is 15.1. The first-order valence-corrected chi connectivity index (χ1v) is 8.41. The van der Waals surface area contributed by atoms with E-state index in [0.29, 0.717) is 10.6 Å². The monoisotopic (exact) mass is 385 g/mol. The molecule has 2 aromatic carbocycles. The predicted octanol–water partition coefficient (Wildman–Crippen LogP) is 2.35. The number of hydrogen-bond acceptors (Lipinski definition) is 6. The van der Waals surface area contributed by atoms with Gasteiger partial charge in [-0.1, -0.05) is 23.7 Å². The third kappa shape index (κ3) is 4.68. The molecule has 138 valence electrons. The average molecular weight is 386 g/mol. The molecule has 0 aliphatic heterocycles.